The molecule has 6 rings (SSSR count). The Hall–Kier alpha value is -2.36. The molecule has 0 aromatic carbocycles. The van der Waals surface area contributed by atoms with Crippen molar-refractivity contribution in [1.29, 1.82) is 0 Å². The molecule has 0 amide bonds. The van der Waals surface area contributed by atoms with Gasteiger partial charge in [-0.05, 0) is 173 Å². The highest BCUT2D eigenvalue weighted by Gasteiger charge is 2.24. The molecule has 9 heteroatoms. The number of hydrogen-bond donors (Lipinski definition) is 0. The van der Waals surface area contributed by atoms with E-state index in [4.69, 9.17) is 0 Å². The lowest BCUT2D eigenvalue weighted by Gasteiger charge is -2.35. The minimum absolute atomic E-state index is 0.657. The summed E-state index contributed by atoms with van der Waals surface area (Å²) < 4.78 is 0. The van der Waals surface area contributed by atoms with Crippen molar-refractivity contribution in [3.05, 3.63) is 35.9 Å². The Balaban J connectivity index is 0.000000244. The van der Waals surface area contributed by atoms with Gasteiger partial charge in [0.05, 0.1) is 0 Å². The fraction of sp³-hybridized carbons (Fsp3) is 0.864. The van der Waals surface area contributed by atoms with E-state index >= 15 is 0 Å². The number of piperazine rings is 1. The number of likely N-dealkylation sites (tertiary alicyclic amines) is 2. The van der Waals surface area contributed by atoms with Crippen molar-refractivity contribution in [2.24, 2.45) is 65.1 Å². The average molecular weight is 947 g/mol. The summed E-state index contributed by atoms with van der Waals surface area (Å²) >= 11 is 0. The lowest BCUT2D eigenvalue weighted by atomic mass is 9.88. The molecule has 0 aliphatic carbocycles. The summed E-state index contributed by atoms with van der Waals surface area (Å²) in [6, 6.07) is 0. The molecule has 0 radical (unpaired) electrons. The second kappa shape index (κ2) is 32.6. The maximum absolute atomic E-state index is 4.56. The summed E-state index contributed by atoms with van der Waals surface area (Å²) in [6.07, 6.45) is 22.7. The third-order valence-corrected chi connectivity index (χ3v) is 13.9. The third kappa shape index (κ3) is 26.2. The van der Waals surface area contributed by atoms with E-state index in [2.05, 4.69) is 155 Å². The molecular weight excluding hydrogens is 835 g/mol. The van der Waals surface area contributed by atoms with Crippen molar-refractivity contribution >= 4 is 11.9 Å². The zero-order chi connectivity index (χ0) is 50.2. The minimum atomic E-state index is 0.657. The summed E-state index contributed by atoms with van der Waals surface area (Å²) in [4.78, 5) is 30.6. The van der Waals surface area contributed by atoms with E-state index in [-0.39, 0.29) is 0 Å². The van der Waals surface area contributed by atoms with Crippen molar-refractivity contribution in [2.45, 2.75) is 181 Å². The standard InChI is InChI=1S/C17H29N3.C16H28N4.2C13H27N/c1-13(2)9-15-5-7-20(8-6-15)17-18-11-16(12-19-17)10-14(3)4;1-13(2)9-15-10-17-16(18-11-15)20-7-5-19(6-8-20)12-14(3)4;2*1-11(2)9-13-5-7-14(8-6-13)10-12(3)4/h11-15H,5-10H2,1-4H3;10-11,13-14H,5-9,12H2,1-4H3;2*11-13H,5-10H2,1-4H3. The van der Waals surface area contributed by atoms with Crippen LogP contribution in [0.25, 0.3) is 0 Å². The lowest BCUT2D eigenvalue weighted by Crippen LogP contribution is -2.48. The normalized spacial score (nSPS) is 18.8. The molecule has 0 N–H and O–H groups in total. The number of nitrogens with zero attached hydrogens (tertiary/aromatic N) is 9. The number of aromatic nitrogens is 4. The van der Waals surface area contributed by atoms with E-state index in [1.165, 1.54) is 115 Å². The molecule has 4 aliphatic rings. The number of piperidine rings is 3. The maximum atomic E-state index is 4.56. The monoisotopic (exact) mass is 946 g/mol. The van der Waals surface area contributed by atoms with Crippen molar-refractivity contribution in [3.63, 3.8) is 0 Å². The molecule has 4 fully saturated rings. The van der Waals surface area contributed by atoms with Crippen LogP contribution in [-0.4, -0.2) is 120 Å². The van der Waals surface area contributed by atoms with Crippen LogP contribution in [0.3, 0.4) is 0 Å². The van der Waals surface area contributed by atoms with Crippen LogP contribution in [0.2, 0.25) is 0 Å². The van der Waals surface area contributed by atoms with E-state index in [1.807, 2.05) is 24.8 Å². The Morgan fingerprint density at radius 1 is 0.338 bits per heavy atom. The zero-order valence-corrected chi connectivity index (χ0v) is 47.7. The van der Waals surface area contributed by atoms with Gasteiger partial charge in [-0.1, -0.05) is 111 Å². The quantitative estimate of drug-likeness (QED) is 0.145. The van der Waals surface area contributed by atoms with Gasteiger partial charge in [0.15, 0.2) is 0 Å². The molecule has 392 valence electrons. The van der Waals surface area contributed by atoms with Crippen LogP contribution in [0.1, 0.15) is 180 Å². The summed E-state index contributed by atoms with van der Waals surface area (Å²) in [7, 11) is 0. The molecule has 0 unspecified atom stereocenters. The molecule has 0 atom stereocenters. The maximum Gasteiger partial charge on any atom is 0.225 e. The van der Waals surface area contributed by atoms with Gasteiger partial charge in [0.25, 0.3) is 0 Å². The second-order valence-electron chi connectivity index (χ2n) is 25.3. The molecule has 0 saturated carbocycles. The zero-order valence-electron chi connectivity index (χ0n) is 47.7. The summed E-state index contributed by atoms with van der Waals surface area (Å²) in [6.45, 7) is 52.5. The summed E-state index contributed by atoms with van der Waals surface area (Å²) in [5.41, 5.74) is 2.49. The Morgan fingerprint density at radius 3 is 0.868 bits per heavy atom. The van der Waals surface area contributed by atoms with Gasteiger partial charge in [0.1, 0.15) is 0 Å². The largest absolute Gasteiger partial charge is 0.341 e. The van der Waals surface area contributed by atoms with Crippen molar-refractivity contribution in [2.75, 3.05) is 94.9 Å². The SMILES string of the molecule is CC(C)CC1CCN(CC(C)C)CC1.CC(C)CC1CCN(CC(C)C)CC1.CC(C)Cc1cnc(N2CCC(CC(C)C)CC2)nc1.CC(C)Cc1cnc(N2CCN(CC(C)C)CC2)nc1. The molecule has 68 heavy (non-hydrogen) atoms. The minimum Gasteiger partial charge on any atom is -0.341 e. The van der Waals surface area contributed by atoms with Gasteiger partial charge in [0, 0.05) is 83.7 Å². The van der Waals surface area contributed by atoms with Gasteiger partial charge in [-0.3, -0.25) is 4.90 Å². The number of hydrogen-bond acceptors (Lipinski definition) is 9. The van der Waals surface area contributed by atoms with Crippen LogP contribution in [-0.2, 0) is 12.8 Å². The highest BCUT2D eigenvalue weighted by atomic mass is 15.3. The van der Waals surface area contributed by atoms with E-state index in [0.29, 0.717) is 11.8 Å². The molecule has 2 aromatic heterocycles. The van der Waals surface area contributed by atoms with Crippen molar-refractivity contribution < 1.29 is 0 Å². The third-order valence-electron chi connectivity index (χ3n) is 13.9. The number of anilines is 2. The summed E-state index contributed by atoms with van der Waals surface area (Å²) in [5.74, 6) is 11.0. The van der Waals surface area contributed by atoms with Crippen LogP contribution in [0.5, 0.6) is 0 Å². The van der Waals surface area contributed by atoms with Crippen LogP contribution >= 0.6 is 0 Å². The predicted molar refractivity (Wildman–Crippen MR) is 296 cm³/mol. The molecule has 6 heterocycles. The molecular formula is C59H111N9. The first-order chi connectivity index (χ1) is 32.2. The van der Waals surface area contributed by atoms with Crippen molar-refractivity contribution in [1.82, 2.24) is 34.6 Å². The Morgan fingerprint density at radius 2 is 0.603 bits per heavy atom. The fourth-order valence-electron chi connectivity index (χ4n) is 11.0. The molecule has 2 aromatic rings. The second-order valence-corrected chi connectivity index (χ2v) is 25.3. The molecule has 4 aliphatic heterocycles. The number of rotatable bonds is 18. The first-order valence-corrected chi connectivity index (χ1v) is 28.5. The van der Waals surface area contributed by atoms with E-state index < -0.39 is 0 Å². The van der Waals surface area contributed by atoms with Crippen LogP contribution in [0, 0.1) is 65.1 Å². The molecule has 0 spiro atoms. The van der Waals surface area contributed by atoms with Gasteiger partial charge in [-0.15, -0.1) is 0 Å². The van der Waals surface area contributed by atoms with Crippen LogP contribution in [0.4, 0.5) is 11.9 Å². The molecule has 0 bridgehead atoms. The van der Waals surface area contributed by atoms with E-state index in [1.54, 1.807) is 0 Å². The topological polar surface area (TPSA) is 67.8 Å². The first-order valence-electron chi connectivity index (χ1n) is 28.5. The van der Waals surface area contributed by atoms with Gasteiger partial charge in [0.2, 0.25) is 11.9 Å². The summed E-state index contributed by atoms with van der Waals surface area (Å²) in [5, 5.41) is 0. The predicted octanol–water partition coefficient (Wildman–Crippen LogP) is 13.2. The van der Waals surface area contributed by atoms with Crippen molar-refractivity contribution in [3.8, 4) is 0 Å². The lowest BCUT2D eigenvalue weighted by molar-refractivity contribution is 0.156. The fourth-order valence-corrected chi connectivity index (χ4v) is 11.0. The van der Waals surface area contributed by atoms with Crippen LogP contribution < -0.4 is 9.80 Å². The highest BCUT2D eigenvalue weighted by molar-refractivity contribution is 5.31. The van der Waals surface area contributed by atoms with Crippen LogP contribution in [0.15, 0.2) is 24.8 Å². The Bertz CT molecular complexity index is 1350. The average Bonchev–Trinajstić information content (AvgIpc) is 3.25. The smallest absolute Gasteiger partial charge is 0.225 e. The van der Waals surface area contributed by atoms with Gasteiger partial charge in [-0.2, -0.15) is 0 Å². The van der Waals surface area contributed by atoms with E-state index in [0.717, 1.165) is 117 Å². The molecule has 9 nitrogen and oxygen atoms in total. The molecule has 4 saturated heterocycles. The first kappa shape index (κ1) is 59.9. The highest BCUT2D eigenvalue weighted by Crippen LogP contribution is 2.27. The van der Waals surface area contributed by atoms with Gasteiger partial charge in [-0.25, -0.2) is 19.9 Å². The Labute approximate surface area is 422 Å². The van der Waals surface area contributed by atoms with E-state index in [9.17, 15) is 0 Å². The van der Waals surface area contributed by atoms with Gasteiger partial charge >= 0.3 is 0 Å². The Kier molecular flexibility index (Phi) is 28.7. The van der Waals surface area contributed by atoms with Gasteiger partial charge < -0.3 is 19.6 Å².